The van der Waals surface area contributed by atoms with Crippen LogP contribution in [0.25, 0.3) is 16.7 Å². The summed E-state index contributed by atoms with van der Waals surface area (Å²) in [5.41, 5.74) is 8.90. The number of allylic oxidation sites excluding steroid dienone is 11. The predicted octanol–water partition coefficient (Wildman–Crippen LogP) is 7.79. The standard InChI is InChI=1S/C29H29N/c1-23-13-12-16-26(21-23)28-22-25(24-14-8-6-7-9-15-24)19-20-29(28)30(2)27-17-10-4-3-5-11-18-27/h3-4,6-10,12-14,16-22H,5,11,15H2,1-2H3/b4-3+,17-10?,27-18?. The van der Waals surface area contributed by atoms with Gasteiger partial charge in [0.2, 0.25) is 0 Å². The van der Waals surface area contributed by atoms with Gasteiger partial charge in [-0.25, -0.2) is 0 Å². The van der Waals surface area contributed by atoms with Crippen LogP contribution in [-0.4, -0.2) is 7.05 Å². The largest absolute Gasteiger partial charge is 0.344 e. The molecule has 0 fully saturated rings. The lowest BCUT2D eigenvalue weighted by Gasteiger charge is -2.25. The Balaban J connectivity index is 1.81. The average molecular weight is 392 g/mol. The van der Waals surface area contributed by atoms with Crippen LogP contribution in [0.3, 0.4) is 0 Å². The zero-order chi connectivity index (χ0) is 20.8. The van der Waals surface area contributed by atoms with Crippen LogP contribution in [0.15, 0.2) is 109 Å². The molecule has 2 aliphatic rings. The molecule has 0 radical (unpaired) electrons. The van der Waals surface area contributed by atoms with Crippen molar-refractivity contribution in [2.75, 3.05) is 11.9 Å². The Morgan fingerprint density at radius 3 is 2.60 bits per heavy atom. The highest BCUT2D eigenvalue weighted by atomic mass is 15.1. The van der Waals surface area contributed by atoms with Gasteiger partial charge in [0, 0.05) is 24.0 Å². The molecule has 150 valence electrons. The van der Waals surface area contributed by atoms with Crippen LogP contribution in [0.4, 0.5) is 5.69 Å². The van der Waals surface area contributed by atoms with Gasteiger partial charge in [0.05, 0.1) is 0 Å². The van der Waals surface area contributed by atoms with Crippen molar-refractivity contribution in [1.82, 2.24) is 0 Å². The van der Waals surface area contributed by atoms with E-state index in [9.17, 15) is 0 Å². The summed E-state index contributed by atoms with van der Waals surface area (Å²) in [6, 6.07) is 15.7. The van der Waals surface area contributed by atoms with Gasteiger partial charge in [0.25, 0.3) is 0 Å². The van der Waals surface area contributed by atoms with Crippen LogP contribution >= 0.6 is 0 Å². The molecule has 0 saturated heterocycles. The van der Waals surface area contributed by atoms with Crippen molar-refractivity contribution in [1.29, 1.82) is 0 Å². The SMILES string of the molecule is Cc1cccc(-c2cc(C3=CC=CC=CC3)ccc2N(C)C2=CCC/C=C/C=C2)c1. The van der Waals surface area contributed by atoms with Crippen molar-refractivity contribution in [3.05, 3.63) is 120 Å². The van der Waals surface area contributed by atoms with E-state index in [1.165, 1.54) is 39.2 Å². The summed E-state index contributed by atoms with van der Waals surface area (Å²) in [6.07, 6.45) is 24.9. The van der Waals surface area contributed by atoms with Gasteiger partial charge in [0.1, 0.15) is 0 Å². The fourth-order valence-corrected chi connectivity index (χ4v) is 3.98. The molecule has 1 heteroatoms. The molecule has 4 rings (SSSR count). The van der Waals surface area contributed by atoms with Crippen molar-refractivity contribution >= 4 is 11.3 Å². The molecule has 2 aromatic carbocycles. The molecule has 0 heterocycles. The van der Waals surface area contributed by atoms with Crippen LogP contribution in [0.1, 0.15) is 30.4 Å². The summed E-state index contributed by atoms with van der Waals surface area (Å²) in [7, 11) is 2.17. The summed E-state index contributed by atoms with van der Waals surface area (Å²) in [6.45, 7) is 2.16. The first-order chi connectivity index (χ1) is 14.7. The first kappa shape index (κ1) is 20.0. The maximum atomic E-state index is 2.35. The van der Waals surface area contributed by atoms with E-state index in [0.717, 1.165) is 19.3 Å². The van der Waals surface area contributed by atoms with Gasteiger partial charge in [-0.3, -0.25) is 0 Å². The maximum absolute atomic E-state index is 2.35. The third-order valence-electron chi connectivity index (χ3n) is 5.64. The molecule has 0 aliphatic heterocycles. The summed E-state index contributed by atoms with van der Waals surface area (Å²) < 4.78 is 0. The lowest BCUT2D eigenvalue weighted by molar-refractivity contribution is 1.01. The van der Waals surface area contributed by atoms with Crippen LogP contribution in [0.2, 0.25) is 0 Å². The van der Waals surface area contributed by atoms with Gasteiger partial charge < -0.3 is 4.90 Å². The summed E-state index contributed by atoms with van der Waals surface area (Å²) in [4.78, 5) is 2.32. The summed E-state index contributed by atoms with van der Waals surface area (Å²) >= 11 is 0. The Bertz CT molecular complexity index is 1090. The molecule has 0 amide bonds. The molecule has 0 unspecified atom stereocenters. The second kappa shape index (κ2) is 9.45. The molecule has 2 aromatic rings. The van der Waals surface area contributed by atoms with Crippen LogP contribution < -0.4 is 4.90 Å². The van der Waals surface area contributed by atoms with Crippen LogP contribution in [0.5, 0.6) is 0 Å². The highest BCUT2D eigenvalue weighted by Gasteiger charge is 2.14. The fraction of sp³-hybridized carbons (Fsp3) is 0.172. The summed E-state index contributed by atoms with van der Waals surface area (Å²) in [5, 5.41) is 0. The maximum Gasteiger partial charge on any atom is 0.0488 e. The molecule has 2 aliphatic carbocycles. The van der Waals surface area contributed by atoms with Gasteiger partial charge in [-0.1, -0.05) is 90.6 Å². The van der Waals surface area contributed by atoms with E-state index in [1.54, 1.807) is 0 Å². The first-order valence-corrected chi connectivity index (χ1v) is 10.7. The fourth-order valence-electron chi connectivity index (χ4n) is 3.98. The van der Waals surface area contributed by atoms with Crippen molar-refractivity contribution in [3.8, 4) is 11.1 Å². The molecular weight excluding hydrogens is 362 g/mol. The number of likely N-dealkylation sites (N-methyl/N-ethyl adjacent to an activating group) is 1. The van der Waals surface area contributed by atoms with Gasteiger partial charge in [-0.05, 0) is 61.1 Å². The van der Waals surface area contributed by atoms with E-state index < -0.39 is 0 Å². The molecule has 0 N–H and O–H groups in total. The average Bonchev–Trinajstić information content (AvgIpc) is 3.02. The van der Waals surface area contributed by atoms with Crippen LogP contribution in [0, 0.1) is 6.92 Å². The molecule has 30 heavy (non-hydrogen) atoms. The minimum absolute atomic E-state index is 0.954. The minimum Gasteiger partial charge on any atom is -0.344 e. The van der Waals surface area contributed by atoms with Gasteiger partial charge in [-0.2, -0.15) is 0 Å². The third kappa shape index (κ3) is 4.63. The van der Waals surface area contributed by atoms with Crippen molar-refractivity contribution in [2.45, 2.75) is 26.2 Å². The van der Waals surface area contributed by atoms with Crippen molar-refractivity contribution < 1.29 is 0 Å². The number of benzene rings is 2. The zero-order valence-electron chi connectivity index (χ0n) is 17.9. The predicted molar refractivity (Wildman–Crippen MR) is 131 cm³/mol. The van der Waals surface area contributed by atoms with Crippen LogP contribution in [-0.2, 0) is 0 Å². The second-order valence-electron chi connectivity index (χ2n) is 7.86. The Labute approximate surface area is 180 Å². The molecule has 0 spiro atoms. The lowest BCUT2D eigenvalue weighted by atomic mass is 9.94. The van der Waals surface area contributed by atoms with Gasteiger partial charge >= 0.3 is 0 Å². The number of anilines is 1. The number of rotatable bonds is 4. The molecule has 0 aromatic heterocycles. The quantitative estimate of drug-likeness (QED) is 0.514. The second-order valence-corrected chi connectivity index (χ2v) is 7.86. The highest BCUT2D eigenvalue weighted by molar-refractivity contribution is 5.84. The van der Waals surface area contributed by atoms with Gasteiger partial charge in [-0.15, -0.1) is 0 Å². The Hall–Kier alpha value is -3.32. The number of nitrogens with zero attached hydrogens (tertiary/aromatic N) is 1. The number of aryl methyl sites for hydroxylation is 1. The number of hydrogen-bond donors (Lipinski definition) is 0. The van der Waals surface area contributed by atoms with E-state index in [2.05, 4.69) is 122 Å². The lowest BCUT2D eigenvalue weighted by Crippen LogP contribution is -2.16. The first-order valence-electron chi connectivity index (χ1n) is 10.7. The van der Waals surface area contributed by atoms with E-state index in [-0.39, 0.29) is 0 Å². The Morgan fingerprint density at radius 2 is 1.70 bits per heavy atom. The smallest absolute Gasteiger partial charge is 0.0488 e. The Kier molecular flexibility index (Phi) is 6.29. The monoisotopic (exact) mass is 391 g/mol. The minimum atomic E-state index is 0.954. The summed E-state index contributed by atoms with van der Waals surface area (Å²) in [5.74, 6) is 0. The number of hydrogen-bond acceptors (Lipinski definition) is 1. The molecule has 0 saturated carbocycles. The van der Waals surface area contributed by atoms with Crippen molar-refractivity contribution in [2.24, 2.45) is 0 Å². The third-order valence-corrected chi connectivity index (χ3v) is 5.64. The van der Waals surface area contributed by atoms with E-state index in [4.69, 9.17) is 0 Å². The van der Waals surface area contributed by atoms with E-state index in [1.807, 2.05) is 0 Å². The van der Waals surface area contributed by atoms with E-state index >= 15 is 0 Å². The van der Waals surface area contributed by atoms with Crippen molar-refractivity contribution in [3.63, 3.8) is 0 Å². The highest BCUT2D eigenvalue weighted by Crippen LogP contribution is 2.36. The topological polar surface area (TPSA) is 3.24 Å². The van der Waals surface area contributed by atoms with Gasteiger partial charge in [0.15, 0.2) is 0 Å². The Morgan fingerprint density at radius 1 is 0.800 bits per heavy atom. The molecule has 1 nitrogen and oxygen atoms in total. The zero-order valence-corrected chi connectivity index (χ0v) is 17.9. The molecule has 0 bridgehead atoms. The normalized spacial score (nSPS) is 16.9. The molecular formula is C29H29N. The van der Waals surface area contributed by atoms with E-state index in [0.29, 0.717) is 0 Å². The molecule has 0 atom stereocenters.